The Bertz CT molecular complexity index is 604. The number of ether oxygens (including phenoxy) is 1. The summed E-state index contributed by atoms with van der Waals surface area (Å²) in [6.07, 6.45) is 1.83. The molecule has 0 aliphatic rings. The average Bonchev–Trinajstić information content (AvgIpc) is 2.43. The molecule has 0 unspecified atom stereocenters. The molecular formula is C15H15BrClNO2. The van der Waals surface area contributed by atoms with Gasteiger partial charge in [0, 0.05) is 16.2 Å². The highest BCUT2D eigenvalue weighted by Gasteiger charge is 2.08. The number of aryl methyl sites for hydroxylation is 1. The Balaban J connectivity index is 2.32. The molecular weight excluding hydrogens is 342 g/mol. The third-order valence-electron chi connectivity index (χ3n) is 2.71. The fourth-order valence-electron chi connectivity index (χ4n) is 1.82. The Hall–Kier alpha value is -1.10. The van der Waals surface area contributed by atoms with Crippen molar-refractivity contribution in [3.63, 3.8) is 0 Å². The summed E-state index contributed by atoms with van der Waals surface area (Å²) in [4.78, 5) is 4.43. The SMILES string of the molecule is CCCc1cc(CO)cc(Oc2cc(Br)ccc2Cl)n1. The fraction of sp³-hybridized carbons (Fsp3) is 0.267. The van der Waals surface area contributed by atoms with Crippen LogP contribution in [-0.2, 0) is 13.0 Å². The number of hydrogen-bond donors (Lipinski definition) is 1. The van der Waals surface area contributed by atoms with Crippen LogP contribution in [0.25, 0.3) is 0 Å². The minimum Gasteiger partial charge on any atom is -0.437 e. The predicted molar refractivity (Wildman–Crippen MR) is 83.4 cm³/mol. The molecule has 1 aromatic heterocycles. The molecule has 0 aliphatic carbocycles. The van der Waals surface area contributed by atoms with E-state index in [0.717, 1.165) is 28.6 Å². The van der Waals surface area contributed by atoms with Crippen molar-refractivity contribution in [2.75, 3.05) is 0 Å². The zero-order chi connectivity index (χ0) is 14.5. The van der Waals surface area contributed by atoms with Gasteiger partial charge in [0.1, 0.15) is 5.75 Å². The molecule has 20 heavy (non-hydrogen) atoms. The lowest BCUT2D eigenvalue weighted by molar-refractivity contribution is 0.280. The van der Waals surface area contributed by atoms with Crippen LogP contribution in [0, 0.1) is 0 Å². The van der Waals surface area contributed by atoms with E-state index in [0.29, 0.717) is 16.7 Å². The first-order valence-electron chi connectivity index (χ1n) is 6.36. The molecule has 0 radical (unpaired) electrons. The molecule has 5 heteroatoms. The summed E-state index contributed by atoms with van der Waals surface area (Å²) >= 11 is 9.48. The first kappa shape index (κ1) is 15.3. The van der Waals surface area contributed by atoms with E-state index in [9.17, 15) is 5.11 Å². The van der Waals surface area contributed by atoms with Crippen molar-refractivity contribution < 1.29 is 9.84 Å². The Kier molecular flexibility index (Phi) is 5.40. The molecule has 0 saturated heterocycles. The van der Waals surface area contributed by atoms with Gasteiger partial charge in [0.05, 0.1) is 11.6 Å². The molecule has 0 spiro atoms. The van der Waals surface area contributed by atoms with Gasteiger partial charge >= 0.3 is 0 Å². The minimum absolute atomic E-state index is 0.0399. The van der Waals surface area contributed by atoms with E-state index in [4.69, 9.17) is 16.3 Å². The molecule has 106 valence electrons. The third kappa shape index (κ3) is 3.95. The van der Waals surface area contributed by atoms with Crippen molar-refractivity contribution in [1.29, 1.82) is 0 Å². The molecule has 0 amide bonds. The van der Waals surface area contributed by atoms with Crippen LogP contribution in [0.5, 0.6) is 11.6 Å². The van der Waals surface area contributed by atoms with Crippen LogP contribution in [0.4, 0.5) is 0 Å². The Morgan fingerprint density at radius 1 is 1.30 bits per heavy atom. The third-order valence-corrected chi connectivity index (χ3v) is 3.52. The van der Waals surface area contributed by atoms with Gasteiger partial charge in [-0.15, -0.1) is 0 Å². The molecule has 1 aromatic carbocycles. The molecule has 2 aromatic rings. The summed E-state index contributed by atoms with van der Waals surface area (Å²) in [5.41, 5.74) is 1.68. The smallest absolute Gasteiger partial charge is 0.219 e. The number of halogens is 2. The normalized spacial score (nSPS) is 10.6. The average molecular weight is 357 g/mol. The van der Waals surface area contributed by atoms with Crippen LogP contribution in [0.3, 0.4) is 0 Å². The van der Waals surface area contributed by atoms with E-state index < -0.39 is 0 Å². The molecule has 1 heterocycles. The second-order valence-corrected chi connectivity index (χ2v) is 5.71. The van der Waals surface area contributed by atoms with E-state index in [1.54, 1.807) is 18.2 Å². The minimum atomic E-state index is -0.0399. The number of benzene rings is 1. The lowest BCUT2D eigenvalue weighted by Gasteiger charge is -2.10. The molecule has 0 fully saturated rings. The van der Waals surface area contributed by atoms with E-state index >= 15 is 0 Å². The molecule has 0 saturated carbocycles. The van der Waals surface area contributed by atoms with Gasteiger partial charge < -0.3 is 9.84 Å². The summed E-state index contributed by atoms with van der Waals surface area (Å²) < 4.78 is 6.61. The molecule has 1 N–H and O–H groups in total. The number of hydrogen-bond acceptors (Lipinski definition) is 3. The maximum absolute atomic E-state index is 9.30. The summed E-state index contributed by atoms with van der Waals surface area (Å²) in [5.74, 6) is 0.978. The van der Waals surface area contributed by atoms with Crippen LogP contribution >= 0.6 is 27.5 Å². The zero-order valence-electron chi connectivity index (χ0n) is 11.1. The maximum atomic E-state index is 9.30. The summed E-state index contributed by atoms with van der Waals surface area (Å²) in [7, 11) is 0. The largest absolute Gasteiger partial charge is 0.437 e. The van der Waals surface area contributed by atoms with Gasteiger partial charge in [-0.3, -0.25) is 0 Å². The quantitative estimate of drug-likeness (QED) is 0.842. The van der Waals surface area contributed by atoms with Gasteiger partial charge in [-0.25, -0.2) is 4.98 Å². The second-order valence-electron chi connectivity index (χ2n) is 4.39. The van der Waals surface area contributed by atoms with Crippen molar-refractivity contribution >= 4 is 27.5 Å². The number of aromatic nitrogens is 1. The summed E-state index contributed by atoms with van der Waals surface area (Å²) in [6, 6.07) is 8.99. The van der Waals surface area contributed by atoms with Crippen LogP contribution in [0.15, 0.2) is 34.8 Å². The molecule has 3 nitrogen and oxygen atoms in total. The topological polar surface area (TPSA) is 42.4 Å². The number of aliphatic hydroxyl groups is 1. The molecule has 2 rings (SSSR count). The van der Waals surface area contributed by atoms with Crippen LogP contribution in [-0.4, -0.2) is 10.1 Å². The maximum Gasteiger partial charge on any atom is 0.219 e. The van der Waals surface area contributed by atoms with Gasteiger partial charge in [0.15, 0.2) is 0 Å². The van der Waals surface area contributed by atoms with Crippen molar-refractivity contribution in [3.8, 4) is 11.6 Å². The van der Waals surface area contributed by atoms with E-state index in [1.807, 2.05) is 12.1 Å². The van der Waals surface area contributed by atoms with Gasteiger partial charge in [-0.1, -0.05) is 40.9 Å². The Morgan fingerprint density at radius 3 is 2.80 bits per heavy atom. The van der Waals surface area contributed by atoms with Crippen molar-refractivity contribution in [3.05, 3.63) is 51.1 Å². The first-order chi connectivity index (χ1) is 9.62. The number of nitrogens with zero attached hydrogens (tertiary/aromatic N) is 1. The van der Waals surface area contributed by atoms with Gasteiger partial charge in [-0.05, 0) is 36.2 Å². The van der Waals surface area contributed by atoms with E-state index in [1.165, 1.54) is 0 Å². The number of aliphatic hydroxyl groups excluding tert-OH is 1. The van der Waals surface area contributed by atoms with Crippen LogP contribution in [0.2, 0.25) is 5.02 Å². The summed E-state index contributed by atoms with van der Waals surface area (Å²) in [6.45, 7) is 2.04. The monoisotopic (exact) mass is 355 g/mol. The van der Waals surface area contributed by atoms with E-state index in [2.05, 4.69) is 27.8 Å². The van der Waals surface area contributed by atoms with Crippen LogP contribution < -0.4 is 4.74 Å². The molecule has 0 bridgehead atoms. The first-order valence-corrected chi connectivity index (χ1v) is 7.53. The lowest BCUT2D eigenvalue weighted by atomic mass is 10.2. The van der Waals surface area contributed by atoms with Crippen molar-refractivity contribution in [2.24, 2.45) is 0 Å². The van der Waals surface area contributed by atoms with Gasteiger partial charge in [-0.2, -0.15) is 0 Å². The number of rotatable bonds is 5. The highest BCUT2D eigenvalue weighted by Crippen LogP contribution is 2.31. The predicted octanol–water partition coefficient (Wildman–Crippen LogP) is 4.73. The summed E-state index contributed by atoms with van der Waals surface area (Å²) in [5, 5.41) is 9.82. The zero-order valence-corrected chi connectivity index (χ0v) is 13.4. The second kappa shape index (κ2) is 7.07. The van der Waals surface area contributed by atoms with Crippen molar-refractivity contribution in [1.82, 2.24) is 4.98 Å². The highest BCUT2D eigenvalue weighted by atomic mass is 79.9. The lowest BCUT2D eigenvalue weighted by Crippen LogP contribution is -1.97. The Labute approximate surface area is 131 Å². The highest BCUT2D eigenvalue weighted by molar-refractivity contribution is 9.10. The van der Waals surface area contributed by atoms with Crippen molar-refractivity contribution in [2.45, 2.75) is 26.4 Å². The van der Waals surface area contributed by atoms with Gasteiger partial charge in [0.25, 0.3) is 0 Å². The van der Waals surface area contributed by atoms with Crippen LogP contribution in [0.1, 0.15) is 24.6 Å². The molecule has 0 aliphatic heterocycles. The molecule has 0 atom stereocenters. The Morgan fingerprint density at radius 2 is 2.10 bits per heavy atom. The van der Waals surface area contributed by atoms with E-state index in [-0.39, 0.29) is 6.61 Å². The fourth-order valence-corrected chi connectivity index (χ4v) is 2.31. The van der Waals surface area contributed by atoms with Gasteiger partial charge in [0.2, 0.25) is 5.88 Å². The number of pyridine rings is 1. The standard InChI is InChI=1S/C15H15BrClNO2/c1-2-3-12-6-10(9-19)7-15(18-12)20-14-8-11(16)4-5-13(14)17/h4-8,19H,2-3,9H2,1H3.